The highest BCUT2D eigenvalue weighted by atomic mass is 31.1. The van der Waals surface area contributed by atoms with E-state index in [0.29, 0.717) is 5.16 Å². The molecule has 86 valence electrons. The molecule has 2 aromatic rings. The van der Waals surface area contributed by atoms with Gasteiger partial charge in [0.25, 0.3) is 0 Å². The third-order valence-electron chi connectivity index (χ3n) is 3.71. The molecule has 2 aromatic carbocycles. The van der Waals surface area contributed by atoms with Gasteiger partial charge >= 0.3 is 0 Å². The lowest BCUT2D eigenvalue weighted by Gasteiger charge is -2.17. The van der Waals surface area contributed by atoms with Crippen LogP contribution in [0.4, 0.5) is 0 Å². The molecule has 0 radical (unpaired) electrons. The zero-order valence-corrected chi connectivity index (χ0v) is 11.1. The molecular weight excluding hydrogens is 223 g/mol. The molecule has 1 aliphatic rings. The summed E-state index contributed by atoms with van der Waals surface area (Å²) < 4.78 is 0. The van der Waals surface area contributed by atoms with E-state index in [-0.39, 0.29) is 0 Å². The summed E-state index contributed by atoms with van der Waals surface area (Å²) >= 11 is 0. The van der Waals surface area contributed by atoms with Crippen LogP contribution in [-0.4, -0.2) is 5.66 Å². The molecular formula is C16H17P. The molecule has 0 aliphatic carbocycles. The molecule has 1 heteroatoms. The Morgan fingerprint density at radius 1 is 0.882 bits per heavy atom. The Kier molecular flexibility index (Phi) is 2.76. The molecule has 1 heterocycles. The van der Waals surface area contributed by atoms with E-state index in [2.05, 4.69) is 67.6 Å². The van der Waals surface area contributed by atoms with Crippen LogP contribution in [0, 0.1) is 0 Å². The predicted molar refractivity (Wildman–Crippen MR) is 76.1 cm³/mol. The van der Waals surface area contributed by atoms with Crippen LogP contribution in [0.1, 0.15) is 24.5 Å². The lowest BCUT2D eigenvalue weighted by Crippen LogP contribution is -2.13. The zero-order chi connectivity index (χ0) is 11.7. The predicted octanol–water partition coefficient (Wildman–Crippen LogP) is 4.40. The summed E-state index contributed by atoms with van der Waals surface area (Å²) in [6.45, 7) is 2.31. The van der Waals surface area contributed by atoms with Gasteiger partial charge in [-0.3, -0.25) is 0 Å². The monoisotopic (exact) mass is 240 g/mol. The number of hydrogen-bond donors (Lipinski definition) is 0. The lowest BCUT2D eigenvalue weighted by atomic mass is 9.88. The fourth-order valence-corrected chi connectivity index (χ4v) is 4.65. The second kappa shape index (κ2) is 4.27. The molecule has 0 amide bonds. The largest absolute Gasteiger partial charge is 0.101 e. The molecule has 0 bridgehead atoms. The highest BCUT2D eigenvalue weighted by molar-refractivity contribution is 7.50. The van der Waals surface area contributed by atoms with Crippen molar-refractivity contribution in [3.63, 3.8) is 0 Å². The highest BCUT2D eigenvalue weighted by Crippen LogP contribution is 2.71. The van der Waals surface area contributed by atoms with E-state index in [1.54, 1.807) is 0 Å². The second-order valence-corrected chi connectivity index (χ2v) is 6.42. The van der Waals surface area contributed by atoms with E-state index in [1.807, 2.05) is 0 Å². The van der Waals surface area contributed by atoms with Gasteiger partial charge in [-0.2, -0.15) is 0 Å². The molecule has 2 atom stereocenters. The first-order chi connectivity index (χ1) is 8.38. The number of benzene rings is 2. The maximum atomic E-state index is 2.31. The molecule has 2 unspecified atom stereocenters. The molecule has 1 aliphatic heterocycles. The Balaban J connectivity index is 2.08. The van der Waals surface area contributed by atoms with Gasteiger partial charge in [-0.25, -0.2) is 0 Å². The second-order valence-electron chi connectivity index (χ2n) is 4.65. The minimum atomic E-state index is 0.331. The van der Waals surface area contributed by atoms with Crippen LogP contribution in [0.2, 0.25) is 0 Å². The molecule has 0 nitrogen and oxygen atoms in total. The molecule has 1 saturated heterocycles. The van der Waals surface area contributed by atoms with Gasteiger partial charge in [0.15, 0.2) is 0 Å². The van der Waals surface area contributed by atoms with Crippen LogP contribution in [0.5, 0.6) is 0 Å². The molecule has 0 N–H and O–H groups in total. The molecule has 0 aromatic heterocycles. The van der Waals surface area contributed by atoms with Crippen molar-refractivity contribution >= 4 is 8.58 Å². The molecule has 3 rings (SSSR count). The summed E-state index contributed by atoms with van der Waals surface area (Å²) in [6, 6.07) is 22.0. The van der Waals surface area contributed by atoms with Crippen molar-refractivity contribution in [2.75, 3.05) is 0 Å². The topological polar surface area (TPSA) is 0 Å². The van der Waals surface area contributed by atoms with Crippen molar-refractivity contribution in [1.82, 2.24) is 0 Å². The van der Waals surface area contributed by atoms with E-state index in [1.165, 1.54) is 17.5 Å². The van der Waals surface area contributed by atoms with E-state index in [9.17, 15) is 0 Å². The Hall–Kier alpha value is -1.13. The van der Waals surface area contributed by atoms with Gasteiger partial charge in [-0.05, 0) is 23.2 Å². The van der Waals surface area contributed by atoms with E-state index < -0.39 is 0 Å². The Morgan fingerprint density at radius 2 is 1.35 bits per heavy atom. The summed E-state index contributed by atoms with van der Waals surface area (Å²) in [5, 5.41) is 0.331. The third kappa shape index (κ3) is 1.72. The maximum absolute atomic E-state index is 2.31. The summed E-state index contributed by atoms with van der Waals surface area (Å²) in [5.74, 6) is 0. The fraction of sp³-hybridized carbons (Fsp3) is 0.250. The van der Waals surface area contributed by atoms with Crippen LogP contribution in [0.25, 0.3) is 0 Å². The highest BCUT2D eigenvalue weighted by Gasteiger charge is 2.54. The summed E-state index contributed by atoms with van der Waals surface area (Å²) in [5.41, 5.74) is 3.83. The quantitative estimate of drug-likeness (QED) is 0.697. The first-order valence-corrected chi connectivity index (χ1v) is 7.34. The van der Waals surface area contributed by atoms with Gasteiger partial charge in [0.05, 0.1) is 0 Å². The molecule has 0 saturated carbocycles. The van der Waals surface area contributed by atoms with Crippen molar-refractivity contribution in [1.29, 1.82) is 0 Å². The van der Waals surface area contributed by atoms with E-state index in [0.717, 1.165) is 14.2 Å². The average Bonchev–Trinajstić information content (AvgIpc) is 3.17. The fourth-order valence-electron chi connectivity index (χ4n) is 2.78. The van der Waals surface area contributed by atoms with Gasteiger partial charge in [0.2, 0.25) is 0 Å². The summed E-state index contributed by atoms with van der Waals surface area (Å²) in [4.78, 5) is 0. The average molecular weight is 240 g/mol. The molecule has 17 heavy (non-hydrogen) atoms. The molecule has 1 fully saturated rings. The smallest absolute Gasteiger partial charge is 0.0440 e. The normalized spacial score (nSPS) is 22.5. The van der Waals surface area contributed by atoms with E-state index >= 15 is 0 Å². The summed E-state index contributed by atoms with van der Waals surface area (Å²) in [6.07, 6.45) is 1.28. The number of rotatable bonds is 3. The lowest BCUT2D eigenvalue weighted by molar-refractivity contribution is 0.759. The molecule has 0 spiro atoms. The first-order valence-electron chi connectivity index (χ1n) is 6.26. The minimum Gasteiger partial charge on any atom is -0.101 e. The minimum absolute atomic E-state index is 0.331. The zero-order valence-electron chi connectivity index (χ0n) is 10.1. The van der Waals surface area contributed by atoms with Crippen LogP contribution >= 0.6 is 8.58 Å². The van der Waals surface area contributed by atoms with Gasteiger partial charge in [0.1, 0.15) is 0 Å². The van der Waals surface area contributed by atoms with Crippen LogP contribution in [0.15, 0.2) is 60.7 Å². The Labute approximate surface area is 105 Å². The van der Waals surface area contributed by atoms with Crippen molar-refractivity contribution in [3.05, 3.63) is 71.8 Å². The number of hydrogen-bond acceptors (Lipinski definition) is 0. The van der Waals surface area contributed by atoms with Crippen molar-refractivity contribution in [2.24, 2.45) is 0 Å². The third-order valence-corrected chi connectivity index (χ3v) is 5.97. The Bertz CT molecular complexity index is 450. The SMILES string of the molecule is CCC1PC1(c1ccccc1)c1ccccc1. The Morgan fingerprint density at radius 3 is 1.71 bits per heavy atom. The van der Waals surface area contributed by atoms with Gasteiger partial charge in [-0.15, -0.1) is 8.58 Å². The van der Waals surface area contributed by atoms with Gasteiger partial charge in [-0.1, -0.05) is 67.6 Å². The van der Waals surface area contributed by atoms with Crippen LogP contribution in [0.3, 0.4) is 0 Å². The summed E-state index contributed by atoms with van der Waals surface area (Å²) in [7, 11) is 1.04. The van der Waals surface area contributed by atoms with E-state index in [4.69, 9.17) is 0 Å². The van der Waals surface area contributed by atoms with Gasteiger partial charge < -0.3 is 0 Å². The van der Waals surface area contributed by atoms with Crippen molar-refractivity contribution in [3.8, 4) is 0 Å². The first kappa shape index (κ1) is 11.0. The van der Waals surface area contributed by atoms with Crippen molar-refractivity contribution < 1.29 is 0 Å². The van der Waals surface area contributed by atoms with Crippen molar-refractivity contribution in [2.45, 2.75) is 24.2 Å². The maximum Gasteiger partial charge on any atom is 0.0440 e. The van der Waals surface area contributed by atoms with Gasteiger partial charge in [0, 0.05) is 5.16 Å². The van der Waals surface area contributed by atoms with Crippen LogP contribution in [-0.2, 0) is 5.16 Å². The standard InChI is InChI=1S/C16H17P/c1-2-15-16(17-15,13-9-5-3-6-10-13)14-11-7-4-8-12-14/h3-12,15,17H,2H2,1H3. The van der Waals surface area contributed by atoms with Crippen LogP contribution < -0.4 is 0 Å².